The van der Waals surface area contributed by atoms with Crippen LogP contribution in [-0.4, -0.2) is 42.8 Å². The SMILES string of the molecule is COc1cc(C(C)C)cc(OC)c1CN1CCCC[C@H]1C(=O)O. The zero-order valence-corrected chi connectivity index (χ0v) is 14.5. The molecule has 1 aliphatic rings. The topological polar surface area (TPSA) is 59.0 Å². The summed E-state index contributed by atoms with van der Waals surface area (Å²) in [4.78, 5) is 13.5. The number of rotatable bonds is 6. The van der Waals surface area contributed by atoms with Crippen LogP contribution in [0.25, 0.3) is 0 Å². The van der Waals surface area contributed by atoms with E-state index in [2.05, 4.69) is 13.8 Å². The van der Waals surface area contributed by atoms with Gasteiger partial charge >= 0.3 is 5.97 Å². The van der Waals surface area contributed by atoms with Gasteiger partial charge in [0, 0.05) is 6.54 Å². The highest BCUT2D eigenvalue weighted by molar-refractivity contribution is 5.73. The average Bonchev–Trinajstić information content (AvgIpc) is 2.54. The minimum Gasteiger partial charge on any atom is -0.496 e. The van der Waals surface area contributed by atoms with Gasteiger partial charge in [-0.2, -0.15) is 0 Å². The molecule has 0 aromatic heterocycles. The molecule has 0 bridgehead atoms. The van der Waals surface area contributed by atoms with E-state index < -0.39 is 12.0 Å². The molecule has 1 N–H and O–H groups in total. The van der Waals surface area contributed by atoms with Crippen LogP contribution in [0.2, 0.25) is 0 Å². The number of hydrogen-bond donors (Lipinski definition) is 1. The van der Waals surface area contributed by atoms with Crippen molar-refractivity contribution in [3.8, 4) is 11.5 Å². The molecular formula is C18H27NO4. The van der Waals surface area contributed by atoms with Crippen molar-refractivity contribution in [2.24, 2.45) is 0 Å². The number of likely N-dealkylation sites (tertiary alicyclic amines) is 1. The number of aliphatic carboxylic acids is 1. The summed E-state index contributed by atoms with van der Waals surface area (Å²) >= 11 is 0. The summed E-state index contributed by atoms with van der Waals surface area (Å²) in [6, 6.07) is 3.63. The first kappa shape index (κ1) is 17.6. The molecule has 0 amide bonds. The molecule has 0 saturated carbocycles. The van der Waals surface area contributed by atoms with Gasteiger partial charge in [-0.15, -0.1) is 0 Å². The molecule has 0 spiro atoms. The highest BCUT2D eigenvalue weighted by Crippen LogP contribution is 2.35. The van der Waals surface area contributed by atoms with Crippen LogP contribution in [0.15, 0.2) is 12.1 Å². The van der Waals surface area contributed by atoms with Crippen molar-refractivity contribution in [3.05, 3.63) is 23.3 Å². The molecule has 5 nitrogen and oxygen atoms in total. The largest absolute Gasteiger partial charge is 0.496 e. The molecule has 1 atom stereocenters. The van der Waals surface area contributed by atoms with Gasteiger partial charge < -0.3 is 14.6 Å². The molecule has 1 aliphatic heterocycles. The molecule has 0 unspecified atom stereocenters. The second-order valence-electron chi connectivity index (χ2n) is 6.38. The zero-order valence-electron chi connectivity index (χ0n) is 14.5. The molecule has 128 valence electrons. The van der Waals surface area contributed by atoms with Crippen molar-refractivity contribution in [3.63, 3.8) is 0 Å². The Morgan fingerprint density at radius 1 is 1.26 bits per heavy atom. The summed E-state index contributed by atoms with van der Waals surface area (Å²) < 4.78 is 11.1. The van der Waals surface area contributed by atoms with Crippen molar-refractivity contribution in [2.75, 3.05) is 20.8 Å². The summed E-state index contributed by atoms with van der Waals surface area (Å²) in [5, 5.41) is 9.45. The van der Waals surface area contributed by atoms with E-state index >= 15 is 0 Å². The number of carboxylic acid groups (broad SMARTS) is 1. The van der Waals surface area contributed by atoms with Gasteiger partial charge in [-0.3, -0.25) is 9.69 Å². The zero-order chi connectivity index (χ0) is 17.0. The van der Waals surface area contributed by atoms with Gasteiger partial charge in [0.25, 0.3) is 0 Å². The normalized spacial score (nSPS) is 18.9. The Bertz CT molecular complexity index is 531. The van der Waals surface area contributed by atoms with E-state index in [0.717, 1.165) is 42.0 Å². The maximum atomic E-state index is 11.5. The number of ether oxygens (including phenoxy) is 2. The lowest BCUT2D eigenvalue weighted by Crippen LogP contribution is -2.44. The van der Waals surface area contributed by atoms with E-state index in [4.69, 9.17) is 9.47 Å². The molecule has 5 heteroatoms. The summed E-state index contributed by atoms with van der Waals surface area (Å²) in [6.07, 6.45) is 2.69. The number of methoxy groups -OCH3 is 2. The van der Waals surface area contributed by atoms with Crippen LogP contribution in [0.1, 0.15) is 50.2 Å². The predicted octanol–water partition coefficient (Wildman–Crippen LogP) is 3.27. The summed E-state index contributed by atoms with van der Waals surface area (Å²) in [7, 11) is 3.29. The first-order valence-corrected chi connectivity index (χ1v) is 8.19. The van der Waals surface area contributed by atoms with Crippen LogP contribution < -0.4 is 9.47 Å². The lowest BCUT2D eigenvalue weighted by atomic mass is 9.97. The maximum absolute atomic E-state index is 11.5. The molecule has 1 fully saturated rings. The van der Waals surface area contributed by atoms with Gasteiger partial charge in [0.05, 0.1) is 19.8 Å². The van der Waals surface area contributed by atoms with E-state index in [0.29, 0.717) is 18.9 Å². The lowest BCUT2D eigenvalue weighted by molar-refractivity contribution is -0.144. The number of nitrogens with zero attached hydrogens (tertiary/aromatic N) is 1. The average molecular weight is 321 g/mol. The van der Waals surface area contributed by atoms with E-state index in [1.54, 1.807) is 14.2 Å². The van der Waals surface area contributed by atoms with E-state index in [9.17, 15) is 9.90 Å². The second kappa shape index (κ2) is 7.68. The van der Waals surface area contributed by atoms with Crippen LogP contribution in [0.5, 0.6) is 11.5 Å². The van der Waals surface area contributed by atoms with Crippen molar-refractivity contribution in [1.82, 2.24) is 4.90 Å². The third-order valence-electron chi connectivity index (χ3n) is 4.56. The third-order valence-corrected chi connectivity index (χ3v) is 4.56. The Morgan fingerprint density at radius 3 is 2.35 bits per heavy atom. The molecule has 1 heterocycles. The third kappa shape index (κ3) is 3.96. The minimum atomic E-state index is -0.749. The van der Waals surface area contributed by atoms with Crippen LogP contribution >= 0.6 is 0 Å². The van der Waals surface area contributed by atoms with Crippen LogP contribution in [0, 0.1) is 0 Å². The van der Waals surface area contributed by atoms with Gasteiger partial charge in [0.2, 0.25) is 0 Å². The van der Waals surface area contributed by atoms with E-state index in [1.807, 2.05) is 17.0 Å². The number of carbonyl (C=O) groups is 1. The van der Waals surface area contributed by atoms with Gasteiger partial charge in [-0.25, -0.2) is 0 Å². The van der Waals surface area contributed by atoms with Crippen molar-refractivity contribution >= 4 is 5.97 Å². The Hall–Kier alpha value is -1.75. The first-order chi connectivity index (χ1) is 11.0. The Morgan fingerprint density at radius 2 is 1.87 bits per heavy atom. The van der Waals surface area contributed by atoms with Crippen molar-refractivity contribution < 1.29 is 19.4 Å². The molecule has 1 saturated heterocycles. The molecule has 1 aromatic rings. The van der Waals surface area contributed by atoms with Crippen molar-refractivity contribution in [2.45, 2.75) is 51.6 Å². The van der Waals surface area contributed by atoms with Crippen LogP contribution in [0.3, 0.4) is 0 Å². The van der Waals surface area contributed by atoms with E-state index in [1.165, 1.54) is 0 Å². The Kier molecular flexibility index (Phi) is 5.88. The summed E-state index contributed by atoms with van der Waals surface area (Å²) in [5.41, 5.74) is 2.07. The summed E-state index contributed by atoms with van der Waals surface area (Å²) in [6.45, 7) is 5.56. The number of piperidine rings is 1. The van der Waals surface area contributed by atoms with Gasteiger partial charge in [-0.05, 0) is 43.0 Å². The number of carboxylic acids is 1. The molecule has 0 radical (unpaired) electrons. The maximum Gasteiger partial charge on any atom is 0.320 e. The minimum absolute atomic E-state index is 0.369. The summed E-state index contributed by atoms with van der Waals surface area (Å²) in [5.74, 6) is 1.15. The quantitative estimate of drug-likeness (QED) is 0.871. The van der Waals surface area contributed by atoms with Crippen LogP contribution in [0.4, 0.5) is 0 Å². The molecule has 1 aromatic carbocycles. The molecule has 2 rings (SSSR count). The standard InChI is InChI=1S/C18H27NO4/c1-12(2)13-9-16(22-3)14(17(10-13)23-4)11-19-8-6-5-7-15(19)18(20)21/h9-10,12,15H,5-8,11H2,1-4H3,(H,20,21)/t15-/m0/s1. The fourth-order valence-electron chi connectivity index (χ4n) is 3.16. The fourth-order valence-corrected chi connectivity index (χ4v) is 3.16. The monoisotopic (exact) mass is 321 g/mol. The van der Waals surface area contributed by atoms with Gasteiger partial charge in [-0.1, -0.05) is 20.3 Å². The first-order valence-electron chi connectivity index (χ1n) is 8.19. The van der Waals surface area contributed by atoms with Gasteiger partial charge in [0.15, 0.2) is 0 Å². The molecular weight excluding hydrogens is 294 g/mol. The number of benzene rings is 1. The highest BCUT2D eigenvalue weighted by atomic mass is 16.5. The Balaban J connectivity index is 2.35. The predicted molar refractivity (Wildman–Crippen MR) is 89.3 cm³/mol. The Labute approximate surface area is 138 Å². The number of hydrogen-bond acceptors (Lipinski definition) is 4. The van der Waals surface area contributed by atoms with Gasteiger partial charge in [0.1, 0.15) is 17.5 Å². The molecule has 23 heavy (non-hydrogen) atoms. The smallest absolute Gasteiger partial charge is 0.320 e. The van der Waals surface area contributed by atoms with Crippen LogP contribution in [-0.2, 0) is 11.3 Å². The van der Waals surface area contributed by atoms with E-state index in [-0.39, 0.29) is 0 Å². The highest BCUT2D eigenvalue weighted by Gasteiger charge is 2.30. The lowest BCUT2D eigenvalue weighted by Gasteiger charge is -2.33. The second-order valence-corrected chi connectivity index (χ2v) is 6.38. The molecule has 0 aliphatic carbocycles. The fraction of sp³-hybridized carbons (Fsp3) is 0.611. The van der Waals surface area contributed by atoms with Crippen molar-refractivity contribution in [1.29, 1.82) is 0 Å².